The highest BCUT2D eigenvalue weighted by molar-refractivity contribution is 7.64. The van der Waals surface area contributed by atoms with Crippen LogP contribution in [0.25, 0.3) is 5.31 Å². The lowest BCUT2D eigenvalue weighted by atomic mass is 10.0. The van der Waals surface area contributed by atoms with E-state index in [4.69, 9.17) is 4.52 Å². The minimum absolute atomic E-state index is 0.310. The second kappa shape index (κ2) is 4.43. The van der Waals surface area contributed by atoms with E-state index < -0.39 is 7.60 Å². The van der Waals surface area contributed by atoms with Gasteiger partial charge in [-0.15, -0.1) is 0 Å². The van der Waals surface area contributed by atoms with Gasteiger partial charge in [-0.1, -0.05) is 0 Å². The van der Waals surface area contributed by atoms with Crippen LogP contribution in [-0.2, 0) is 9.09 Å². The van der Waals surface area contributed by atoms with Crippen LogP contribution < -0.4 is 5.43 Å². The quantitative estimate of drug-likeness (QED) is 0.807. The maximum absolute atomic E-state index is 12.1. The van der Waals surface area contributed by atoms with Crippen LogP contribution in [0.4, 0.5) is 5.69 Å². The van der Waals surface area contributed by atoms with Gasteiger partial charge in [0, 0.05) is 25.9 Å². The standard InChI is InChI=1S/C12H17N2O3P/c1-8-5-10-11(6-9(8)2)13-14(3)7-12(10)18(15,16)17-4/h5-7,13H,1-4H3,(H,15,16). The number of anilines is 1. The number of benzene rings is 1. The predicted octanol–water partition coefficient (Wildman–Crippen LogP) is 2.71. The molecule has 1 aliphatic heterocycles. The van der Waals surface area contributed by atoms with Gasteiger partial charge in [0.25, 0.3) is 0 Å². The summed E-state index contributed by atoms with van der Waals surface area (Å²) < 4.78 is 16.8. The van der Waals surface area contributed by atoms with E-state index in [-0.39, 0.29) is 0 Å². The van der Waals surface area contributed by atoms with E-state index in [0.717, 1.165) is 16.8 Å². The molecule has 1 aliphatic rings. The first kappa shape index (κ1) is 13.1. The summed E-state index contributed by atoms with van der Waals surface area (Å²) in [6.45, 7) is 3.98. The highest BCUT2D eigenvalue weighted by Gasteiger charge is 2.31. The van der Waals surface area contributed by atoms with E-state index >= 15 is 0 Å². The minimum Gasteiger partial charge on any atom is -0.321 e. The van der Waals surface area contributed by atoms with Gasteiger partial charge in [-0.2, -0.15) is 0 Å². The number of aryl methyl sites for hydroxylation is 2. The van der Waals surface area contributed by atoms with Crippen molar-refractivity contribution >= 4 is 18.6 Å². The third kappa shape index (κ3) is 2.17. The highest BCUT2D eigenvalue weighted by Crippen LogP contribution is 2.57. The van der Waals surface area contributed by atoms with Crippen molar-refractivity contribution in [3.63, 3.8) is 0 Å². The molecule has 0 saturated heterocycles. The van der Waals surface area contributed by atoms with Crippen molar-refractivity contribution in [2.24, 2.45) is 0 Å². The van der Waals surface area contributed by atoms with E-state index in [1.165, 1.54) is 7.11 Å². The first-order valence-corrected chi connectivity index (χ1v) is 7.15. The van der Waals surface area contributed by atoms with Crippen LogP contribution in [-0.4, -0.2) is 24.1 Å². The van der Waals surface area contributed by atoms with Crippen molar-refractivity contribution in [1.82, 2.24) is 5.01 Å². The van der Waals surface area contributed by atoms with E-state index in [9.17, 15) is 9.46 Å². The molecule has 98 valence electrons. The molecule has 0 spiro atoms. The first-order chi connectivity index (χ1) is 8.35. The fraction of sp³-hybridized carbons (Fsp3) is 0.333. The first-order valence-electron chi connectivity index (χ1n) is 5.57. The van der Waals surface area contributed by atoms with Crippen molar-refractivity contribution in [3.8, 4) is 0 Å². The third-order valence-electron chi connectivity index (χ3n) is 3.07. The molecule has 2 N–H and O–H groups in total. The maximum Gasteiger partial charge on any atom is 0.360 e. The average molecular weight is 268 g/mol. The number of nitrogens with one attached hydrogen (secondary N) is 1. The number of hydrogen-bond acceptors (Lipinski definition) is 4. The Hall–Kier alpha value is -1.29. The normalized spacial score (nSPS) is 17.6. The summed E-state index contributed by atoms with van der Waals surface area (Å²) in [5.41, 5.74) is 6.84. The van der Waals surface area contributed by atoms with Crippen LogP contribution in [0.1, 0.15) is 16.7 Å². The van der Waals surface area contributed by atoms with Crippen LogP contribution >= 0.6 is 7.60 Å². The summed E-state index contributed by atoms with van der Waals surface area (Å²) in [6.07, 6.45) is 1.58. The zero-order valence-electron chi connectivity index (χ0n) is 10.9. The molecule has 0 aliphatic carbocycles. The third-order valence-corrected chi connectivity index (χ3v) is 4.53. The van der Waals surface area contributed by atoms with Crippen LogP contribution in [0.2, 0.25) is 0 Å². The summed E-state index contributed by atoms with van der Waals surface area (Å²) in [6, 6.07) is 3.86. The Labute approximate surface area is 107 Å². The molecule has 2 rings (SSSR count). The molecule has 1 atom stereocenters. The predicted molar refractivity (Wildman–Crippen MR) is 72.1 cm³/mol. The molecule has 0 aromatic heterocycles. The molecule has 0 fully saturated rings. The molecule has 0 saturated carbocycles. The number of fused-ring (bicyclic) bond motifs is 1. The number of rotatable bonds is 2. The molecule has 1 heterocycles. The summed E-state index contributed by atoms with van der Waals surface area (Å²) in [5, 5.41) is 1.96. The van der Waals surface area contributed by atoms with Gasteiger partial charge in [-0.05, 0) is 37.1 Å². The molecule has 0 bridgehead atoms. The fourth-order valence-corrected chi connectivity index (χ4v) is 2.92. The molecule has 6 heteroatoms. The Bertz CT molecular complexity index is 569. The van der Waals surface area contributed by atoms with Crippen molar-refractivity contribution in [1.29, 1.82) is 0 Å². The zero-order valence-corrected chi connectivity index (χ0v) is 11.8. The van der Waals surface area contributed by atoms with Crippen molar-refractivity contribution in [2.75, 3.05) is 19.6 Å². The Morgan fingerprint density at radius 2 is 1.94 bits per heavy atom. The second-order valence-corrected chi connectivity index (χ2v) is 6.31. The van der Waals surface area contributed by atoms with Gasteiger partial charge in [-0.25, -0.2) is 0 Å². The van der Waals surface area contributed by atoms with Gasteiger partial charge in [0.05, 0.1) is 11.0 Å². The summed E-state index contributed by atoms with van der Waals surface area (Å²) in [7, 11) is -0.762. The molecule has 0 radical (unpaired) electrons. The van der Waals surface area contributed by atoms with Gasteiger partial charge >= 0.3 is 7.60 Å². The molecular weight excluding hydrogens is 251 g/mol. The summed E-state index contributed by atoms with van der Waals surface area (Å²) >= 11 is 0. The summed E-state index contributed by atoms with van der Waals surface area (Å²) in [4.78, 5) is 9.88. The number of nitrogens with zero attached hydrogens (tertiary/aromatic N) is 1. The van der Waals surface area contributed by atoms with Gasteiger partial charge in [0.2, 0.25) is 0 Å². The lowest BCUT2D eigenvalue weighted by Gasteiger charge is -2.29. The van der Waals surface area contributed by atoms with E-state index in [1.54, 1.807) is 18.3 Å². The van der Waals surface area contributed by atoms with Crippen LogP contribution in [0, 0.1) is 13.8 Å². The number of hydrogen-bond donors (Lipinski definition) is 2. The largest absolute Gasteiger partial charge is 0.360 e. The molecule has 1 aromatic rings. The molecule has 18 heavy (non-hydrogen) atoms. The van der Waals surface area contributed by atoms with Gasteiger partial charge in [0.1, 0.15) is 0 Å². The molecule has 5 nitrogen and oxygen atoms in total. The van der Waals surface area contributed by atoms with E-state index in [0.29, 0.717) is 10.9 Å². The van der Waals surface area contributed by atoms with Crippen molar-refractivity contribution < 1.29 is 14.0 Å². The minimum atomic E-state index is -3.77. The molecule has 1 aromatic carbocycles. The van der Waals surface area contributed by atoms with Gasteiger partial charge in [-0.3, -0.25) is 15.0 Å². The lowest BCUT2D eigenvalue weighted by Crippen LogP contribution is -2.24. The Kier molecular flexibility index (Phi) is 3.23. The van der Waals surface area contributed by atoms with Crippen molar-refractivity contribution in [3.05, 3.63) is 35.0 Å². The lowest BCUT2D eigenvalue weighted by molar-refractivity contribution is 0.328. The van der Waals surface area contributed by atoms with Crippen LogP contribution in [0.15, 0.2) is 18.3 Å². The van der Waals surface area contributed by atoms with Gasteiger partial charge < -0.3 is 9.42 Å². The fourth-order valence-electron chi connectivity index (χ4n) is 1.92. The van der Waals surface area contributed by atoms with Crippen LogP contribution in [0.5, 0.6) is 0 Å². The Morgan fingerprint density at radius 3 is 2.56 bits per heavy atom. The zero-order chi connectivity index (χ0) is 13.5. The monoisotopic (exact) mass is 268 g/mol. The van der Waals surface area contributed by atoms with E-state index in [2.05, 4.69) is 5.43 Å². The second-order valence-electron chi connectivity index (χ2n) is 4.42. The smallest absolute Gasteiger partial charge is 0.321 e. The molecule has 0 amide bonds. The molecular formula is C12H17N2O3P. The highest BCUT2D eigenvalue weighted by atomic mass is 31.2. The summed E-state index contributed by atoms with van der Waals surface area (Å²) in [5.74, 6) is 0. The molecule has 1 unspecified atom stereocenters. The SMILES string of the molecule is COP(=O)(O)C1=CN(C)Nc2cc(C)c(C)cc21. The average Bonchev–Trinajstić information content (AvgIpc) is 2.30. The Balaban J connectivity index is 2.64. The van der Waals surface area contributed by atoms with Crippen molar-refractivity contribution in [2.45, 2.75) is 13.8 Å². The number of hydrazine groups is 1. The maximum atomic E-state index is 12.1. The Morgan fingerprint density at radius 1 is 1.33 bits per heavy atom. The van der Waals surface area contributed by atoms with Gasteiger partial charge in [0.15, 0.2) is 0 Å². The topological polar surface area (TPSA) is 61.8 Å². The van der Waals surface area contributed by atoms with Crippen LogP contribution in [0.3, 0.4) is 0 Å². The van der Waals surface area contributed by atoms with E-state index in [1.807, 2.05) is 26.0 Å².